The summed E-state index contributed by atoms with van der Waals surface area (Å²) in [4.78, 5) is 0. The summed E-state index contributed by atoms with van der Waals surface area (Å²) in [6, 6.07) is 23.6. The number of benzene rings is 4. The summed E-state index contributed by atoms with van der Waals surface area (Å²) >= 11 is 11.6. The third kappa shape index (κ3) is 6.26. The molecule has 0 aliphatic carbocycles. The minimum absolute atomic E-state index is 0.0413. The first kappa shape index (κ1) is 26.4. The Balaban J connectivity index is 0.000000161. The van der Waals surface area contributed by atoms with Gasteiger partial charge in [-0.2, -0.15) is 10.4 Å². The van der Waals surface area contributed by atoms with Gasteiger partial charge in [0.2, 0.25) is 11.6 Å². The molecule has 200 valence electrons. The quantitative estimate of drug-likeness (QED) is 0.183. The van der Waals surface area contributed by atoms with Gasteiger partial charge in [-0.15, -0.1) is 20.4 Å². The number of hydrogen-bond donors (Lipinski definition) is 4. The zero-order valence-corrected chi connectivity index (χ0v) is 21.7. The summed E-state index contributed by atoms with van der Waals surface area (Å²) in [5.74, 6) is 2.35. The predicted octanol–water partition coefficient (Wildman–Crippen LogP) is 6.04. The second kappa shape index (κ2) is 12.1. The number of aromatic amines is 2. The van der Waals surface area contributed by atoms with Gasteiger partial charge in [0.15, 0.2) is 23.0 Å². The Labute approximate surface area is 236 Å². The fourth-order valence-electron chi connectivity index (χ4n) is 3.42. The van der Waals surface area contributed by atoms with Gasteiger partial charge in [0, 0.05) is 22.2 Å². The number of hydrogen-bond acceptors (Lipinski definition) is 10. The van der Waals surface area contributed by atoms with Crippen molar-refractivity contribution in [1.29, 1.82) is 0 Å². The number of nitrogens with zero attached hydrogens (tertiary/aromatic N) is 6. The van der Waals surface area contributed by atoms with Crippen LogP contribution in [-0.2, 0) is 0 Å². The number of tetrazole rings is 2. The molecular weight excluding hydrogens is 559 g/mol. The van der Waals surface area contributed by atoms with Crippen LogP contribution in [0.15, 0.2) is 84.9 Å². The highest BCUT2D eigenvalue weighted by Crippen LogP contribution is 2.37. The van der Waals surface area contributed by atoms with E-state index in [0.717, 1.165) is 0 Å². The molecule has 12 nitrogen and oxygen atoms in total. The Morgan fingerprint density at radius 1 is 0.550 bits per heavy atom. The highest BCUT2D eigenvalue weighted by Gasteiger charge is 2.14. The molecule has 0 aliphatic rings. The van der Waals surface area contributed by atoms with Gasteiger partial charge < -0.3 is 19.7 Å². The van der Waals surface area contributed by atoms with Crippen LogP contribution in [0.2, 0.25) is 10.0 Å². The van der Waals surface area contributed by atoms with E-state index in [4.69, 9.17) is 32.7 Å². The maximum atomic E-state index is 9.81. The minimum atomic E-state index is -0.0413. The molecule has 0 saturated heterocycles. The molecule has 40 heavy (non-hydrogen) atoms. The predicted molar refractivity (Wildman–Crippen MR) is 146 cm³/mol. The van der Waals surface area contributed by atoms with Gasteiger partial charge in [-0.25, -0.2) is 0 Å². The lowest BCUT2D eigenvalue weighted by molar-refractivity contribution is 0.412. The smallest absolute Gasteiger partial charge is 0.208 e. The molecule has 6 rings (SSSR count). The first-order valence-corrected chi connectivity index (χ1v) is 12.2. The monoisotopic (exact) mass is 576 g/mol. The number of phenolic OH excluding ortho intramolecular Hbond substituents is 2. The summed E-state index contributed by atoms with van der Waals surface area (Å²) in [7, 11) is 0. The van der Waals surface area contributed by atoms with Gasteiger partial charge in [-0.1, -0.05) is 47.5 Å². The molecule has 0 spiro atoms. The number of nitrogens with one attached hydrogen (secondary N) is 2. The molecule has 0 atom stereocenters. The molecule has 0 fully saturated rings. The van der Waals surface area contributed by atoms with Gasteiger partial charge in [-0.05, 0) is 59.0 Å². The number of halogens is 2. The number of para-hydroxylation sites is 2. The number of H-pyrrole nitrogens is 2. The van der Waals surface area contributed by atoms with Crippen molar-refractivity contribution < 1.29 is 19.7 Å². The molecule has 0 amide bonds. The second-order valence-electron chi connectivity index (χ2n) is 7.89. The van der Waals surface area contributed by atoms with E-state index in [2.05, 4.69) is 41.2 Å². The van der Waals surface area contributed by atoms with E-state index in [1.54, 1.807) is 48.5 Å². The van der Waals surface area contributed by atoms with Crippen LogP contribution < -0.4 is 9.47 Å². The molecule has 14 heteroatoms. The molecule has 4 aromatic carbocycles. The number of phenols is 2. The molecule has 4 N–H and O–H groups in total. The summed E-state index contributed by atoms with van der Waals surface area (Å²) in [6.07, 6.45) is 0. The zero-order valence-electron chi connectivity index (χ0n) is 20.2. The maximum Gasteiger partial charge on any atom is 0.208 e. The van der Waals surface area contributed by atoms with Crippen LogP contribution in [0.3, 0.4) is 0 Å². The van der Waals surface area contributed by atoms with E-state index in [1.165, 1.54) is 12.1 Å². The van der Waals surface area contributed by atoms with Gasteiger partial charge in [0.25, 0.3) is 0 Å². The molecular formula is C26H18Cl2N8O4. The molecule has 2 heterocycles. The average Bonchev–Trinajstić information content (AvgIpc) is 3.68. The fraction of sp³-hybridized carbons (Fsp3) is 0. The van der Waals surface area contributed by atoms with Crippen LogP contribution in [0, 0.1) is 0 Å². The zero-order chi connectivity index (χ0) is 27.9. The minimum Gasteiger partial charge on any atom is -0.504 e. The largest absolute Gasteiger partial charge is 0.504 e. The van der Waals surface area contributed by atoms with E-state index < -0.39 is 0 Å². The Kier molecular flexibility index (Phi) is 7.99. The van der Waals surface area contributed by atoms with Crippen LogP contribution in [0.5, 0.6) is 34.5 Å². The molecule has 0 saturated carbocycles. The molecule has 2 aromatic heterocycles. The third-order valence-electron chi connectivity index (χ3n) is 5.23. The van der Waals surface area contributed by atoms with Crippen molar-refractivity contribution in [1.82, 2.24) is 41.2 Å². The summed E-state index contributed by atoms with van der Waals surface area (Å²) in [5.41, 5.74) is 1.33. The summed E-state index contributed by atoms with van der Waals surface area (Å²) in [5, 5.41) is 48.0. The maximum absolute atomic E-state index is 9.81. The molecule has 0 bridgehead atoms. The molecule has 0 radical (unpaired) electrons. The molecule has 0 aliphatic heterocycles. The first-order chi connectivity index (χ1) is 19.5. The van der Waals surface area contributed by atoms with E-state index >= 15 is 0 Å². The molecule has 6 aromatic rings. The highest BCUT2D eigenvalue weighted by molar-refractivity contribution is 6.31. The van der Waals surface area contributed by atoms with Gasteiger partial charge in [-0.3, -0.25) is 0 Å². The highest BCUT2D eigenvalue weighted by atomic mass is 35.5. The van der Waals surface area contributed by atoms with Crippen molar-refractivity contribution in [3.05, 3.63) is 95.0 Å². The van der Waals surface area contributed by atoms with Crippen molar-refractivity contribution in [2.45, 2.75) is 0 Å². The van der Waals surface area contributed by atoms with Crippen molar-refractivity contribution >= 4 is 23.2 Å². The summed E-state index contributed by atoms with van der Waals surface area (Å²) < 4.78 is 11.4. The fourth-order valence-corrected chi connectivity index (χ4v) is 3.76. The van der Waals surface area contributed by atoms with Crippen LogP contribution in [0.1, 0.15) is 0 Å². The topological polar surface area (TPSA) is 168 Å². The van der Waals surface area contributed by atoms with Crippen LogP contribution >= 0.6 is 23.2 Å². The number of rotatable bonds is 6. The number of aromatic nitrogens is 8. The van der Waals surface area contributed by atoms with Crippen LogP contribution in [-0.4, -0.2) is 51.5 Å². The van der Waals surface area contributed by atoms with Gasteiger partial charge in [0.05, 0.1) is 11.1 Å². The SMILES string of the molecule is Oc1cc(Cl)ccc1Oc1ccccc1-c1nn[nH]n1.Oc1cc(Cl)ccc1Oc1ccccc1-c1nn[nH]n1. The van der Waals surface area contributed by atoms with Crippen molar-refractivity contribution in [3.63, 3.8) is 0 Å². The summed E-state index contributed by atoms with van der Waals surface area (Å²) in [6.45, 7) is 0. The average molecular weight is 577 g/mol. The normalized spacial score (nSPS) is 10.4. The molecule has 0 unspecified atom stereocenters. The second-order valence-corrected chi connectivity index (χ2v) is 8.76. The Morgan fingerprint density at radius 3 is 1.35 bits per heavy atom. The first-order valence-electron chi connectivity index (χ1n) is 11.5. The Hall–Kier alpha value is -5.20. The van der Waals surface area contributed by atoms with E-state index in [0.29, 0.717) is 55.8 Å². The van der Waals surface area contributed by atoms with Gasteiger partial charge in [0.1, 0.15) is 11.5 Å². The van der Waals surface area contributed by atoms with Crippen LogP contribution in [0.25, 0.3) is 22.8 Å². The van der Waals surface area contributed by atoms with Crippen molar-refractivity contribution in [3.8, 4) is 57.3 Å². The third-order valence-corrected chi connectivity index (χ3v) is 5.70. The number of aromatic hydroxyl groups is 2. The van der Waals surface area contributed by atoms with Gasteiger partial charge >= 0.3 is 0 Å². The lowest BCUT2D eigenvalue weighted by atomic mass is 10.2. The Bertz CT molecular complexity index is 1590. The standard InChI is InChI=1S/2C13H9ClN4O2/c2*14-8-5-6-12(10(19)7-8)20-11-4-2-1-3-9(11)13-15-17-18-16-13/h2*1-7,19H,(H,15,16,17,18). The Morgan fingerprint density at radius 2 is 0.975 bits per heavy atom. The lowest BCUT2D eigenvalue weighted by Gasteiger charge is -2.10. The van der Waals surface area contributed by atoms with E-state index in [-0.39, 0.29) is 11.5 Å². The van der Waals surface area contributed by atoms with Crippen molar-refractivity contribution in [2.75, 3.05) is 0 Å². The number of ether oxygens (including phenoxy) is 2. The van der Waals surface area contributed by atoms with Crippen molar-refractivity contribution in [2.24, 2.45) is 0 Å². The lowest BCUT2D eigenvalue weighted by Crippen LogP contribution is -1.90. The van der Waals surface area contributed by atoms with Crippen LogP contribution in [0.4, 0.5) is 0 Å². The van der Waals surface area contributed by atoms with E-state index in [9.17, 15) is 10.2 Å². The van der Waals surface area contributed by atoms with E-state index in [1.807, 2.05) is 24.3 Å².